The van der Waals surface area contributed by atoms with Gasteiger partial charge in [0.2, 0.25) is 0 Å². The molecule has 0 spiro atoms. The highest BCUT2D eigenvalue weighted by molar-refractivity contribution is 7.90. The summed E-state index contributed by atoms with van der Waals surface area (Å²) in [6.45, 7) is 0. The third kappa shape index (κ3) is 2.00. The van der Waals surface area contributed by atoms with E-state index in [4.69, 9.17) is 7.85 Å². The van der Waals surface area contributed by atoms with Gasteiger partial charge in [0, 0.05) is 10.8 Å². The molecule has 3 aromatic carbocycles. The van der Waals surface area contributed by atoms with Crippen LogP contribution < -0.4 is 5.46 Å². The van der Waals surface area contributed by atoms with Gasteiger partial charge in [-0.05, 0) is 18.2 Å². The molecule has 2 radical (unpaired) electrons. The summed E-state index contributed by atoms with van der Waals surface area (Å²) >= 11 is 0. The average Bonchev–Trinajstić information content (AvgIpc) is 2.92. The quantitative estimate of drug-likeness (QED) is 0.533. The van der Waals surface area contributed by atoms with Gasteiger partial charge in [-0.25, -0.2) is 12.4 Å². The van der Waals surface area contributed by atoms with E-state index >= 15 is 0 Å². The van der Waals surface area contributed by atoms with Crippen LogP contribution in [0.15, 0.2) is 77.7 Å². The van der Waals surface area contributed by atoms with Crippen molar-refractivity contribution in [1.82, 2.24) is 3.97 Å². The Hall–Kier alpha value is -2.53. The van der Waals surface area contributed by atoms with Gasteiger partial charge in [-0.2, -0.15) is 0 Å². The second-order valence-corrected chi connectivity index (χ2v) is 7.13. The van der Waals surface area contributed by atoms with Gasteiger partial charge in [0.15, 0.2) is 0 Å². The Morgan fingerprint density at radius 2 is 1.39 bits per heavy atom. The Bertz CT molecular complexity index is 1130. The fraction of sp³-hybridized carbons (Fsp3) is 0. The van der Waals surface area contributed by atoms with Crippen molar-refractivity contribution in [3.63, 3.8) is 0 Å². The largest absolute Gasteiger partial charge is 0.268 e. The number of hydrogen-bond acceptors (Lipinski definition) is 2. The molecular formula is C18H12BNO2S. The summed E-state index contributed by atoms with van der Waals surface area (Å²) in [7, 11) is 2.38. The van der Waals surface area contributed by atoms with Crippen molar-refractivity contribution in [3.8, 4) is 0 Å². The molecular weight excluding hydrogens is 305 g/mol. The topological polar surface area (TPSA) is 39.1 Å². The highest BCUT2D eigenvalue weighted by atomic mass is 32.2. The van der Waals surface area contributed by atoms with Crippen LogP contribution in [0.25, 0.3) is 21.8 Å². The maximum Gasteiger partial charge on any atom is 0.268 e. The molecule has 0 amide bonds. The van der Waals surface area contributed by atoms with Crippen LogP contribution in [0.4, 0.5) is 0 Å². The van der Waals surface area contributed by atoms with Gasteiger partial charge in [0.05, 0.1) is 15.9 Å². The van der Waals surface area contributed by atoms with Crippen LogP contribution in [-0.2, 0) is 10.0 Å². The first kappa shape index (κ1) is 14.1. The Balaban J connectivity index is 2.22. The fourth-order valence-corrected chi connectivity index (χ4v) is 4.53. The standard InChI is InChI=1S/C18H12BNO2S/c19-16-11-6-10-15-14-9-4-5-12-17(14)20(18(15)16)23(21,22)13-7-2-1-3-8-13/h1-12H. The number of benzene rings is 3. The Morgan fingerprint density at radius 1 is 0.739 bits per heavy atom. The molecule has 0 unspecified atom stereocenters. The maximum absolute atomic E-state index is 13.2. The first-order valence-corrected chi connectivity index (χ1v) is 8.63. The summed E-state index contributed by atoms with van der Waals surface area (Å²) in [5, 5.41) is 1.70. The van der Waals surface area contributed by atoms with E-state index in [9.17, 15) is 8.42 Å². The highest BCUT2D eigenvalue weighted by Gasteiger charge is 2.23. The maximum atomic E-state index is 13.2. The zero-order valence-electron chi connectivity index (χ0n) is 12.2. The highest BCUT2D eigenvalue weighted by Crippen LogP contribution is 2.31. The summed E-state index contributed by atoms with van der Waals surface area (Å²) in [6, 6.07) is 21.3. The number of rotatable bonds is 2. The smallest absolute Gasteiger partial charge is 0.234 e. The van der Waals surface area contributed by atoms with Crippen LogP contribution in [-0.4, -0.2) is 20.2 Å². The molecule has 4 rings (SSSR count). The Morgan fingerprint density at radius 3 is 2.17 bits per heavy atom. The van der Waals surface area contributed by atoms with Crippen LogP contribution in [0.5, 0.6) is 0 Å². The van der Waals surface area contributed by atoms with Crippen LogP contribution in [0.2, 0.25) is 0 Å². The first-order valence-electron chi connectivity index (χ1n) is 7.19. The molecule has 1 aromatic heterocycles. The van der Waals surface area contributed by atoms with Crippen molar-refractivity contribution >= 4 is 45.1 Å². The molecule has 110 valence electrons. The van der Waals surface area contributed by atoms with Gasteiger partial charge in [-0.1, -0.05) is 60.1 Å². The van der Waals surface area contributed by atoms with Gasteiger partial charge >= 0.3 is 0 Å². The van der Waals surface area contributed by atoms with E-state index in [1.807, 2.05) is 30.3 Å². The second-order valence-electron chi connectivity index (χ2n) is 5.34. The van der Waals surface area contributed by atoms with E-state index in [2.05, 4.69) is 0 Å². The third-order valence-corrected chi connectivity index (χ3v) is 5.69. The van der Waals surface area contributed by atoms with Gasteiger partial charge in [-0.15, -0.1) is 0 Å². The molecule has 0 aliphatic rings. The lowest BCUT2D eigenvalue weighted by Crippen LogP contribution is -2.17. The van der Waals surface area contributed by atoms with Crippen LogP contribution >= 0.6 is 0 Å². The zero-order valence-corrected chi connectivity index (χ0v) is 13.0. The number of fused-ring (bicyclic) bond motifs is 3. The van der Waals surface area contributed by atoms with Crippen molar-refractivity contribution in [2.45, 2.75) is 4.90 Å². The molecule has 0 fully saturated rings. The Kier molecular flexibility index (Phi) is 3.06. The molecule has 1 heterocycles. The van der Waals surface area contributed by atoms with Crippen LogP contribution in [0, 0.1) is 0 Å². The van der Waals surface area contributed by atoms with Gasteiger partial charge < -0.3 is 0 Å². The lowest BCUT2D eigenvalue weighted by molar-refractivity contribution is 0.590. The van der Waals surface area contributed by atoms with E-state index < -0.39 is 10.0 Å². The van der Waals surface area contributed by atoms with Crippen molar-refractivity contribution < 1.29 is 8.42 Å². The number of aromatic nitrogens is 1. The van der Waals surface area contributed by atoms with E-state index in [1.165, 1.54) is 3.97 Å². The van der Waals surface area contributed by atoms with Crippen molar-refractivity contribution in [2.24, 2.45) is 0 Å². The molecule has 0 atom stereocenters. The SMILES string of the molecule is [B]c1cccc2c3ccccc3n(S(=O)(=O)c3ccccc3)c12. The predicted octanol–water partition coefficient (Wildman–Crippen LogP) is 2.83. The predicted molar refractivity (Wildman–Crippen MR) is 93.9 cm³/mol. The summed E-state index contributed by atoms with van der Waals surface area (Å²) in [4.78, 5) is 0.242. The minimum Gasteiger partial charge on any atom is -0.234 e. The molecule has 23 heavy (non-hydrogen) atoms. The zero-order chi connectivity index (χ0) is 16.0. The second kappa shape index (κ2) is 5.00. The monoisotopic (exact) mass is 317 g/mol. The third-order valence-electron chi connectivity index (χ3n) is 3.96. The van der Waals surface area contributed by atoms with Gasteiger partial charge in [0.25, 0.3) is 10.0 Å². The van der Waals surface area contributed by atoms with E-state index in [1.54, 1.807) is 42.5 Å². The van der Waals surface area contributed by atoms with E-state index in [-0.39, 0.29) is 4.90 Å². The van der Waals surface area contributed by atoms with Crippen molar-refractivity contribution in [3.05, 3.63) is 72.8 Å². The summed E-state index contributed by atoms with van der Waals surface area (Å²) in [5.74, 6) is 0. The molecule has 0 bridgehead atoms. The van der Waals surface area contributed by atoms with Gasteiger partial charge in [0.1, 0.15) is 7.85 Å². The molecule has 4 aromatic rings. The number of para-hydroxylation sites is 2. The Labute approximate surface area is 135 Å². The number of nitrogens with zero attached hydrogens (tertiary/aromatic N) is 1. The normalized spacial score (nSPS) is 12.0. The molecule has 0 aliphatic heterocycles. The first-order chi connectivity index (χ1) is 11.1. The summed E-state index contributed by atoms with van der Waals surface area (Å²) in [6.07, 6.45) is 0. The molecule has 5 heteroatoms. The van der Waals surface area contributed by atoms with Crippen molar-refractivity contribution in [1.29, 1.82) is 0 Å². The molecule has 0 N–H and O–H groups in total. The summed E-state index contributed by atoms with van der Waals surface area (Å²) in [5.41, 5.74) is 1.60. The van der Waals surface area contributed by atoms with Crippen LogP contribution in [0.1, 0.15) is 0 Å². The van der Waals surface area contributed by atoms with Gasteiger partial charge in [-0.3, -0.25) is 0 Å². The lowest BCUT2D eigenvalue weighted by Gasteiger charge is -2.10. The van der Waals surface area contributed by atoms with E-state index in [0.29, 0.717) is 16.5 Å². The number of hydrogen-bond donors (Lipinski definition) is 0. The minimum atomic E-state index is -3.73. The minimum absolute atomic E-state index is 0.242. The van der Waals surface area contributed by atoms with E-state index in [0.717, 1.165) is 10.8 Å². The average molecular weight is 317 g/mol. The van der Waals surface area contributed by atoms with Crippen molar-refractivity contribution in [2.75, 3.05) is 0 Å². The molecule has 0 saturated carbocycles. The molecule has 0 aliphatic carbocycles. The summed E-state index contributed by atoms with van der Waals surface area (Å²) < 4.78 is 27.7. The lowest BCUT2D eigenvalue weighted by atomic mass is 9.94. The molecule has 3 nitrogen and oxygen atoms in total. The van der Waals surface area contributed by atoms with Crippen LogP contribution in [0.3, 0.4) is 0 Å². The molecule has 0 saturated heterocycles. The fourth-order valence-electron chi connectivity index (χ4n) is 2.95.